The van der Waals surface area contributed by atoms with Crippen LogP contribution in [0.25, 0.3) is 0 Å². The van der Waals surface area contributed by atoms with Gasteiger partial charge in [0.2, 0.25) is 5.79 Å². The number of nitrogens with zero attached hydrogens (tertiary/aromatic N) is 2. The number of anilines is 1. The molecule has 0 unspecified atom stereocenters. The highest BCUT2D eigenvalue weighted by Gasteiger charge is 2.45. The molecule has 2 aromatic carbocycles. The Bertz CT molecular complexity index is 1280. The Hall–Kier alpha value is -2.48. The second-order valence-corrected chi connectivity index (χ2v) is 10.7. The third-order valence-electron chi connectivity index (χ3n) is 5.43. The minimum atomic E-state index is -4.60. The van der Waals surface area contributed by atoms with Crippen LogP contribution in [0, 0.1) is 0 Å². The second-order valence-electron chi connectivity index (χ2n) is 8.13. The fourth-order valence-corrected chi connectivity index (χ4v) is 4.76. The smallest absolute Gasteiger partial charge is 0.350 e. The third kappa shape index (κ3) is 7.09. The molecule has 14 heteroatoms. The summed E-state index contributed by atoms with van der Waals surface area (Å²) in [6.07, 6.45) is 4.72. The maximum absolute atomic E-state index is 12.3. The van der Waals surface area contributed by atoms with E-state index in [1.54, 1.807) is 61.2 Å². The zero-order valence-corrected chi connectivity index (χ0v) is 21.6. The van der Waals surface area contributed by atoms with Gasteiger partial charge < -0.3 is 24.1 Å². The predicted octanol–water partition coefficient (Wildman–Crippen LogP) is 4.09. The third-order valence-corrected chi connectivity index (χ3v) is 7.06. The summed E-state index contributed by atoms with van der Waals surface area (Å²) in [5.74, 6) is -4.04. The maximum atomic E-state index is 12.3. The van der Waals surface area contributed by atoms with Gasteiger partial charge in [0.15, 0.2) is 0 Å². The molecule has 0 saturated carbocycles. The van der Waals surface area contributed by atoms with Gasteiger partial charge in [-0.25, -0.2) is 18.1 Å². The summed E-state index contributed by atoms with van der Waals surface area (Å²) in [6, 6.07) is 12.0. The van der Waals surface area contributed by atoms with Crippen LogP contribution in [-0.2, 0) is 31.8 Å². The van der Waals surface area contributed by atoms with Gasteiger partial charge in [-0.05, 0) is 36.4 Å². The number of benzene rings is 2. The Morgan fingerprint density at radius 2 is 1.97 bits per heavy atom. The first-order valence-corrected chi connectivity index (χ1v) is 13.4. The fraction of sp³-hybridized carbons (Fsp3) is 0.348. The lowest BCUT2D eigenvalue weighted by Crippen LogP contribution is -2.34. The van der Waals surface area contributed by atoms with Crippen molar-refractivity contribution in [2.45, 2.75) is 24.2 Å². The molecule has 4 rings (SSSR count). The molecule has 9 nitrogen and oxygen atoms in total. The number of nitrogens with one attached hydrogen (secondary N) is 2. The molecule has 0 spiro atoms. The maximum Gasteiger partial charge on any atom is 0.350 e. The van der Waals surface area contributed by atoms with Crippen molar-refractivity contribution in [3.05, 3.63) is 76.8 Å². The monoisotopic (exact) mass is 576 g/mol. The summed E-state index contributed by atoms with van der Waals surface area (Å²) in [5, 5.41) is 3.85. The van der Waals surface area contributed by atoms with Crippen LogP contribution in [0.15, 0.2) is 61.2 Å². The second kappa shape index (κ2) is 11.9. The minimum absolute atomic E-state index is 0.131. The number of hydrogen-bond acceptors (Lipinski definition) is 7. The van der Waals surface area contributed by atoms with Crippen LogP contribution in [0.4, 0.5) is 14.5 Å². The standard InChI is InChI=1S/C23H24Cl2F2N4O5S/c24-16-1-6-20(21(25)11-16)23(14-31-10-9-28-15-31)35-13-19(36-23)12-34-18-4-2-17(3-5-18)29-7-8-30-37(32,33)22(26)27/h1-6,9-11,15,19,22,29-30H,7-8,12-14H2/t19-,23-/m1/s1. The normalized spacial score (nSPS) is 19.9. The van der Waals surface area contributed by atoms with E-state index < -0.39 is 27.7 Å². The highest BCUT2D eigenvalue weighted by molar-refractivity contribution is 7.89. The van der Waals surface area contributed by atoms with Gasteiger partial charge >= 0.3 is 5.76 Å². The molecule has 1 aromatic heterocycles. The Morgan fingerprint density at radius 1 is 1.19 bits per heavy atom. The zero-order valence-electron chi connectivity index (χ0n) is 19.3. The van der Waals surface area contributed by atoms with E-state index in [1.165, 1.54) is 0 Å². The van der Waals surface area contributed by atoms with Gasteiger partial charge in [-0.3, -0.25) is 0 Å². The predicted molar refractivity (Wildman–Crippen MR) is 135 cm³/mol. The van der Waals surface area contributed by atoms with Crippen molar-refractivity contribution in [2.24, 2.45) is 0 Å². The summed E-state index contributed by atoms with van der Waals surface area (Å²) in [6.45, 7) is 0.744. The number of hydrogen-bond donors (Lipinski definition) is 2. The first kappa shape index (κ1) is 27.6. The molecule has 3 aromatic rings. The Labute approximate surface area is 222 Å². The molecule has 2 N–H and O–H groups in total. The largest absolute Gasteiger partial charge is 0.491 e. The van der Waals surface area contributed by atoms with Crippen molar-refractivity contribution in [3.63, 3.8) is 0 Å². The summed E-state index contributed by atoms with van der Waals surface area (Å²) < 4.78 is 68.8. The lowest BCUT2D eigenvalue weighted by molar-refractivity contribution is -0.189. The molecule has 1 fully saturated rings. The molecule has 2 heterocycles. The van der Waals surface area contributed by atoms with Crippen LogP contribution in [0.1, 0.15) is 5.56 Å². The van der Waals surface area contributed by atoms with Gasteiger partial charge in [0.05, 0.1) is 24.5 Å². The van der Waals surface area contributed by atoms with Crippen LogP contribution in [-0.4, -0.2) is 56.1 Å². The average Bonchev–Trinajstić information content (AvgIpc) is 3.52. The van der Waals surface area contributed by atoms with Gasteiger partial charge in [-0.1, -0.05) is 29.3 Å². The number of sulfonamides is 1. The lowest BCUT2D eigenvalue weighted by atomic mass is 10.1. The van der Waals surface area contributed by atoms with E-state index in [-0.39, 0.29) is 26.3 Å². The van der Waals surface area contributed by atoms with E-state index in [0.29, 0.717) is 33.6 Å². The van der Waals surface area contributed by atoms with Gasteiger partial charge in [-0.15, -0.1) is 0 Å². The zero-order chi connectivity index (χ0) is 26.5. The summed E-state index contributed by atoms with van der Waals surface area (Å²) in [7, 11) is -4.60. The molecule has 1 saturated heterocycles. The SMILES string of the molecule is O=S(=O)(NCCNc1ccc(OC[C@@H]2CO[C@@](Cn3ccnc3)(c3ccc(Cl)cc3Cl)O2)cc1)C(F)F. The topological polar surface area (TPSA) is 104 Å². The lowest BCUT2D eigenvalue weighted by Gasteiger charge is -2.30. The van der Waals surface area contributed by atoms with Gasteiger partial charge in [0.1, 0.15) is 18.5 Å². The molecule has 37 heavy (non-hydrogen) atoms. The molecular weight excluding hydrogens is 553 g/mol. The number of alkyl halides is 2. The van der Waals surface area contributed by atoms with E-state index in [4.69, 9.17) is 37.4 Å². The molecule has 0 aliphatic carbocycles. The summed E-state index contributed by atoms with van der Waals surface area (Å²) in [5.41, 5.74) is 1.31. The van der Waals surface area contributed by atoms with Crippen LogP contribution in [0.3, 0.4) is 0 Å². The quantitative estimate of drug-likeness (QED) is 0.313. The molecule has 2 atom stereocenters. The fourth-order valence-electron chi connectivity index (χ4n) is 3.70. The number of aromatic nitrogens is 2. The molecule has 1 aliphatic rings. The molecular formula is C23H24Cl2F2N4O5S. The van der Waals surface area contributed by atoms with Crippen LogP contribution in [0.5, 0.6) is 5.75 Å². The first-order chi connectivity index (χ1) is 17.7. The summed E-state index contributed by atoms with van der Waals surface area (Å²) in [4.78, 5) is 4.08. The molecule has 0 amide bonds. The Morgan fingerprint density at radius 3 is 2.65 bits per heavy atom. The van der Waals surface area contributed by atoms with Crippen LogP contribution >= 0.6 is 23.2 Å². The van der Waals surface area contributed by atoms with Crippen molar-refractivity contribution in [2.75, 3.05) is 31.6 Å². The number of rotatable bonds is 12. The molecule has 200 valence electrons. The number of halogens is 4. The Balaban J connectivity index is 1.32. The van der Waals surface area contributed by atoms with Gasteiger partial charge in [0.25, 0.3) is 10.0 Å². The number of imidazole rings is 1. The van der Waals surface area contributed by atoms with Crippen LogP contribution in [0.2, 0.25) is 10.0 Å². The van der Waals surface area contributed by atoms with E-state index in [0.717, 1.165) is 0 Å². The average molecular weight is 577 g/mol. The Kier molecular flexibility index (Phi) is 8.88. The van der Waals surface area contributed by atoms with Gasteiger partial charge in [-0.2, -0.15) is 8.78 Å². The highest BCUT2D eigenvalue weighted by Crippen LogP contribution is 2.40. The van der Waals surface area contributed by atoms with E-state index in [1.807, 2.05) is 9.29 Å². The molecule has 1 aliphatic heterocycles. The number of ether oxygens (including phenoxy) is 3. The van der Waals surface area contributed by atoms with Crippen molar-refractivity contribution in [1.82, 2.24) is 14.3 Å². The van der Waals surface area contributed by atoms with Crippen molar-refractivity contribution in [1.29, 1.82) is 0 Å². The van der Waals surface area contributed by atoms with E-state index >= 15 is 0 Å². The van der Waals surface area contributed by atoms with Gasteiger partial charge in [0, 0.05) is 41.8 Å². The van der Waals surface area contributed by atoms with E-state index in [9.17, 15) is 17.2 Å². The van der Waals surface area contributed by atoms with Crippen molar-refractivity contribution >= 4 is 38.9 Å². The molecule has 0 radical (unpaired) electrons. The first-order valence-electron chi connectivity index (χ1n) is 11.1. The van der Waals surface area contributed by atoms with E-state index in [2.05, 4.69) is 10.3 Å². The van der Waals surface area contributed by atoms with Crippen molar-refractivity contribution in [3.8, 4) is 5.75 Å². The molecule has 0 bridgehead atoms. The highest BCUT2D eigenvalue weighted by atomic mass is 35.5. The van der Waals surface area contributed by atoms with Crippen LogP contribution < -0.4 is 14.8 Å². The van der Waals surface area contributed by atoms with Crippen molar-refractivity contribution < 1.29 is 31.4 Å². The summed E-state index contributed by atoms with van der Waals surface area (Å²) >= 11 is 12.6. The minimum Gasteiger partial charge on any atom is -0.491 e.